The first-order valence-corrected chi connectivity index (χ1v) is 12.8. The van der Waals surface area contributed by atoms with Crippen LogP contribution in [0.3, 0.4) is 0 Å². The van der Waals surface area contributed by atoms with Crippen LogP contribution < -0.4 is 15.4 Å². The second-order valence-electron chi connectivity index (χ2n) is 9.39. The van der Waals surface area contributed by atoms with Crippen LogP contribution in [0.2, 0.25) is 0 Å². The van der Waals surface area contributed by atoms with E-state index in [1.54, 1.807) is 30.0 Å². The van der Waals surface area contributed by atoms with Crippen LogP contribution in [-0.4, -0.2) is 47.5 Å². The molecule has 2 atom stereocenters. The van der Waals surface area contributed by atoms with Gasteiger partial charge in [0.2, 0.25) is 0 Å². The van der Waals surface area contributed by atoms with Gasteiger partial charge in [0.05, 0.1) is 30.2 Å². The third kappa shape index (κ3) is 4.87. The van der Waals surface area contributed by atoms with E-state index in [9.17, 15) is 14.5 Å². The van der Waals surface area contributed by atoms with Crippen molar-refractivity contribution in [1.29, 1.82) is 0 Å². The van der Waals surface area contributed by atoms with Crippen molar-refractivity contribution in [2.24, 2.45) is 10.2 Å². The van der Waals surface area contributed by atoms with Gasteiger partial charge in [-0.25, -0.2) is 0 Å². The molecule has 8 nitrogen and oxygen atoms in total. The van der Waals surface area contributed by atoms with E-state index in [2.05, 4.69) is 10.1 Å². The highest BCUT2D eigenvalue weighted by Crippen LogP contribution is 2.53. The Balaban J connectivity index is 2.13. The molecule has 9 heteroatoms. The van der Waals surface area contributed by atoms with Gasteiger partial charge in [-0.15, -0.1) is 0 Å². The monoisotopic (exact) mass is 475 g/mol. The third-order valence-electron chi connectivity index (χ3n) is 5.43. The topological polar surface area (TPSA) is 100 Å². The van der Waals surface area contributed by atoms with Crippen molar-refractivity contribution in [2.75, 3.05) is 25.1 Å². The fourth-order valence-electron chi connectivity index (χ4n) is 4.07. The summed E-state index contributed by atoms with van der Waals surface area (Å²) < 4.78 is 29.3. The van der Waals surface area contributed by atoms with Crippen molar-refractivity contribution in [1.82, 2.24) is 4.90 Å². The van der Waals surface area contributed by atoms with Crippen LogP contribution in [0.25, 0.3) is 0 Å². The molecule has 0 aromatic heterocycles. The van der Waals surface area contributed by atoms with Gasteiger partial charge >= 0.3 is 7.52 Å². The van der Waals surface area contributed by atoms with Gasteiger partial charge < -0.3 is 24.6 Å². The number of hydrogen-bond acceptors (Lipinski definition) is 6. The maximum Gasteiger partial charge on any atom is 0.348 e. The van der Waals surface area contributed by atoms with Gasteiger partial charge in [0, 0.05) is 12.6 Å². The van der Waals surface area contributed by atoms with E-state index in [0.29, 0.717) is 29.9 Å². The van der Waals surface area contributed by atoms with Gasteiger partial charge in [0.1, 0.15) is 17.1 Å². The molecule has 2 heterocycles. The number of benzene rings is 1. The van der Waals surface area contributed by atoms with Crippen LogP contribution in [0.4, 0.5) is 5.69 Å². The number of aliphatic hydroxyl groups is 1. The third-order valence-corrected chi connectivity index (χ3v) is 7.50. The Bertz CT molecular complexity index is 1080. The number of nitrogens with zero attached hydrogens (tertiary/aromatic N) is 2. The fourth-order valence-corrected chi connectivity index (χ4v) is 5.82. The Labute approximate surface area is 195 Å². The normalized spacial score (nSPS) is 22.6. The summed E-state index contributed by atoms with van der Waals surface area (Å²) >= 11 is 0. The van der Waals surface area contributed by atoms with E-state index < -0.39 is 19.0 Å². The van der Waals surface area contributed by atoms with Crippen LogP contribution in [0, 0.1) is 5.41 Å². The molecule has 0 radical (unpaired) electrons. The van der Waals surface area contributed by atoms with E-state index >= 15 is 0 Å². The second-order valence-corrected chi connectivity index (χ2v) is 11.4. The lowest BCUT2D eigenvalue weighted by Crippen LogP contribution is -2.44. The summed E-state index contributed by atoms with van der Waals surface area (Å²) in [6.45, 7) is 14.4. The number of amides is 1. The molecule has 3 rings (SSSR count). The number of nitrogens with one attached hydrogen (secondary N) is 1. The number of carbonyl (C=O) groups is 1. The summed E-state index contributed by atoms with van der Waals surface area (Å²) in [5, 5.41) is 14.8. The van der Waals surface area contributed by atoms with Gasteiger partial charge in [-0.2, -0.15) is 4.76 Å². The Hall–Kier alpha value is -2.57. The highest BCUT2D eigenvalue weighted by molar-refractivity contribution is 7.66. The number of rotatable bonds is 7. The number of anilines is 1. The molecule has 0 spiro atoms. The van der Waals surface area contributed by atoms with Gasteiger partial charge in [0.25, 0.3) is 5.91 Å². The van der Waals surface area contributed by atoms with E-state index in [1.807, 2.05) is 47.6 Å². The Morgan fingerprint density at radius 1 is 1.27 bits per heavy atom. The van der Waals surface area contributed by atoms with Gasteiger partial charge in [0.15, 0.2) is 5.84 Å². The molecule has 180 valence electrons. The van der Waals surface area contributed by atoms with Crippen LogP contribution in [0.15, 0.2) is 45.9 Å². The fraction of sp³-hybridized carbons (Fsp3) is 0.500. The first-order chi connectivity index (χ1) is 15.4. The molecule has 0 saturated carbocycles. The predicted octanol–water partition coefficient (Wildman–Crippen LogP) is 4.80. The summed E-state index contributed by atoms with van der Waals surface area (Å²) in [4.78, 5) is 15.2. The molecule has 0 saturated heterocycles. The number of ether oxygens (including phenoxy) is 1. The molecule has 1 aromatic carbocycles. The Morgan fingerprint density at radius 2 is 1.97 bits per heavy atom. The number of allylic oxidation sites excluding steroid dienone is 1. The largest absolute Gasteiger partial charge is 0.509 e. The number of aliphatic hydroxyl groups excluding tert-OH is 1. The lowest BCUT2D eigenvalue weighted by Gasteiger charge is -2.34. The molecule has 0 aliphatic carbocycles. The molecule has 33 heavy (non-hydrogen) atoms. The van der Waals surface area contributed by atoms with Crippen LogP contribution in [0.1, 0.15) is 48.5 Å². The molecule has 1 aromatic rings. The van der Waals surface area contributed by atoms with Crippen molar-refractivity contribution in [3.05, 3.63) is 41.2 Å². The average molecular weight is 476 g/mol. The van der Waals surface area contributed by atoms with Crippen molar-refractivity contribution < 1.29 is 23.7 Å². The van der Waals surface area contributed by atoms with Crippen molar-refractivity contribution >= 4 is 30.3 Å². The van der Waals surface area contributed by atoms with Crippen LogP contribution >= 0.6 is 7.52 Å². The first-order valence-electron chi connectivity index (χ1n) is 11.2. The summed E-state index contributed by atoms with van der Waals surface area (Å²) in [6.07, 6.45) is 1.94. The molecule has 2 aliphatic heterocycles. The summed E-state index contributed by atoms with van der Waals surface area (Å²) in [6, 6.07) is 4.53. The molecule has 2 aliphatic rings. The smallest absolute Gasteiger partial charge is 0.348 e. The zero-order chi connectivity index (χ0) is 24.6. The van der Waals surface area contributed by atoms with Crippen molar-refractivity contribution in [3.63, 3.8) is 0 Å². The van der Waals surface area contributed by atoms with E-state index in [1.165, 1.54) is 0 Å². The summed E-state index contributed by atoms with van der Waals surface area (Å²) in [5.41, 5.74) is 1.13. The quantitative estimate of drug-likeness (QED) is 0.434. The zero-order valence-electron chi connectivity index (χ0n) is 20.4. The predicted molar refractivity (Wildman–Crippen MR) is 132 cm³/mol. The maximum absolute atomic E-state index is 13.8. The summed E-state index contributed by atoms with van der Waals surface area (Å²) in [7, 11) is -3.67. The van der Waals surface area contributed by atoms with Crippen LogP contribution in [-0.2, 0) is 13.9 Å². The minimum atomic E-state index is -3.67. The van der Waals surface area contributed by atoms with Crippen molar-refractivity contribution in [3.8, 4) is 5.75 Å². The van der Waals surface area contributed by atoms with Crippen LogP contribution in [0.5, 0.6) is 5.75 Å². The number of carbonyl (C=O) groups excluding carboxylic acids is 1. The van der Waals surface area contributed by atoms with E-state index in [4.69, 9.17) is 9.26 Å². The standard InChI is InChI=1S/C24H34N3O5P/c1-8-31-16-10-11-18-17(14-16)25-22(26-33(18,30)32-9-2)19-20(28)21(24(5,6)7)27(23(19)29)13-12-15(3)4/h10-12,14,21,28H,8-9,13H2,1-7H3,(H,25,26,30)/t21-,33?/m1/s1. The molecule has 2 N–H and O–H groups in total. The van der Waals surface area contributed by atoms with Gasteiger partial charge in [-0.3, -0.25) is 9.36 Å². The number of amidine groups is 1. The molecule has 1 amide bonds. The maximum atomic E-state index is 13.8. The number of hydrogen-bond donors (Lipinski definition) is 2. The first kappa shape index (κ1) is 25.1. The molecule has 0 fully saturated rings. The van der Waals surface area contributed by atoms with Crippen molar-refractivity contribution in [2.45, 2.75) is 54.5 Å². The van der Waals surface area contributed by atoms with E-state index in [-0.39, 0.29) is 29.7 Å². The SMILES string of the molecule is CCOc1ccc2c(c1)NC(C1=C(O)[C@H](C(C)(C)C)N(CC=C(C)C)C1=O)=NP2(=O)OCC. The number of fused-ring (bicyclic) bond motifs is 1. The summed E-state index contributed by atoms with van der Waals surface area (Å²) in [5.74, 6) is 0.170. The lowest BCUT2D eigenvalue weighted by molar-refractivity contribution is -0.127. The molecule has 1 unspecified atom stereocenters. The highest BCUT2D eigenvalue weighted by Gasteiger charge is 2.48. The zero-order valence-corrected chi connectivity index (χ0v) is 21.3. The van der Waals surface area contributed by atoms with Gasteiger partial charge in [-0.1, -0.05) is 32.4 Å². The Morgan fingerprint density at radius 3 is 2.55 bits per heavy atom. The Kier molecular flexibility index (Phi) is 7.10. The highest BCUT2D eigenvalue weighted by atomic mass is 31.2. The average Bonchev–Trinajstić information content (AvgIpc) is 2.96. The second kappa shape index (κ2) is 9.35. The van der Waals surface area contributed by atoms with Gasteiger partial charge in [-0.05, 0) is 45.2 Å². The van der Waals surface area contributed by atoms with E-state index in [0.717, 1.165) is 5.57 Å². The molecular formula is C24H34N3O5P. The molecule has 0 bridgehead atoms. The lowest BCUT2D eigenvalue weighted by atomic mass is 9.85. The minimum absolute atomic E-state index is 0.0180. The minimum Gasteiger partial charge on any atom is -0.509 e. The molecular weight excluding hydrogens is 441 g/mol.